The van der Waals surface area contributed by atoms with E-state index in [-0.39, 0.29) is 29.1 Å². The molecule has 0 bridgehead atoms. The fourth-order valence-corrected chi connectivity index (χ4v) is 5.21. The summed E-state index contributed by atoms with van der Waals surface area (Å²) in [5.41, 5.74) is -0.0319. The summed E-state index contributed by atoms with van der Waals surface area (Å²) in [6, 6.07) is 11.0. The van der Waals surface area contributed by atoms with Crippen LogP contribution in [0, 0.1) is 0 Å². The van der Waals surface area contributed by atoms with E-state index in [9.17, 15) is 18.0 Å². The molecule has 1 amide bonds. The Kier molecular flexibility index (Phi) is 8.59. The molecular formula is C31H34F3N9O2. The third-order valence-electron chi connectivity index (χ3n) is 7.85. The van der Waals surface area contributed by atoms with E-state index in [1.54, 1.807) is 35.2 Å². The van der Waals surface area contributed by atoms with Gasteiger partial charge in [0, 0.05) is 62.8 Å². The van der Waals surface area contributed by atoms with Crippen molar-refractivity contribution in [3.05, 3.63) is 77.9 Å². The molecule has 4 aromatic rings. The Bertz CT molecular complexity index is 1660. The Morgan fingerprint density at radius 3 is 2.53 bits per heavy atom. The van der Waals surface area contributed by atoms with Gasteiger partial charge in [0.25, 0.3) is 5.91 Å². The number of ether oxygens (including phenoxy) is 1. The fraction of sp³-hybridized carbons (Fsp3) is 0.355. The van der Waals surface area contributed by atoms with Crippen LogP contribution in [0.2, 0.25) is 0 Å². The molecule has 1 aliphatic carbocycles. The number of likely N-dealkylation sites (N-methyl/N-ethyl adjacent to an activating group) is 1. The maximum Gasteiger partial charge on any atom is 0.416 e. The van der Waals surface area contributed by atoms with Crippen molar-refractivity contribution in [1.29, 1.82) is 0 Å². The normalized spacial score (nSPS) is 15.9. The van der Waals surface area contributed by atoms with Gasteiger partial charge in [0.2, 0.25) is 5.95 Å². The minimum atomic E-state index is -4.61. The summed E-state index contributed by atoms with van der Waals surface area (Å²) in [4.78, 5) is 30.5. The number of anilines is 4. The first-order valence-corrected chi connectivity index (χ1v) is 14.7. The number of alkyl halides is 3. The van der Waals surface area contributed by atoms with Crippen LogP contribution in [0.3, 0.4) is 0 Å². The highest BCUT2D eigenvalue weighted by molar-refractivity contribution is 6.05. The number of halogens is 3. The molecule has 45 heavy (non-hydrogen) atoms. The molecule has 0 atom stereocenters. The average Bonchev–Trinajstić information content (AvgIpc) is 3.71. The molecule has 2 aromatic heterocycles. The Morgan fingerprint density at radius 2 is 1.80 bits per heavy atom. The first kappa shape index (κ1) is 30.3. The van der Waals surface area contributed by atoms with E-state index in [0.29, 0.717) is 42.4 Å². The van der Waals surface area contributed by atoms with Crippen molar-refractivity contribution in [2.75, 3.05) is 56.3 Å². The lowest BCUT2D eigenvalue weighted by atomic mass is 10.0. The number of carbonyl (C=O) groups is 1. The topological polar surface area (TPSA) is 112 Å². The molecule has 2 fully saturated rings. The summed E-state index contributed by atoms with van der Waals surface area (Å²) in [7, 11) is 3.43. The second-order valence-electron chi connectivity index (χ2n) is 11.2. The number of piperazine rings is 1. The highest BCUT2D eigenvalue weighted by atomic mass is 19.4. The summed E-state index contributed by atoms with van der Waals surface area (Å²) in [6.45, 7) is 3.10. The van der Waals surface area contributed by atoms with Crippen LogP contribution < -0.4 is 20.7 Å². The molecule has 3 heterocycles. The van der Waals surface area contributed by atoms with Gasteiger partial charge in [-0.1, -0.05) is 12.1 Å². The van der Waals surface area contributed by atoms with Crippen LogP contribution in [0.4, 0.5) is 36.3 Å². The molecule has 1 saturated carbocycles. The van der Waals surface area contributed by atoms with Crippen LogP contribution in [0.15, 0.2) is 61.2 Å². The number of amides is 1. The summed E-state index contributed by atoms with van der Waals surface area (Å²) >= 11 is 0. The molecule has 1 aliphatic heterocycles. The molecular weight excluding hydrogens is 587 g/mol. The molecule has 1 saturated heterocycles. The van der Waals surface area contributed by atoms with Gasteiger partial charge < -0.3 is 25.6 Å². The van der Waals surface area contributed by atoms with Gasteiger partial charge in [-0.25, -0.2) is 15.0 Å². The largest absolute Gasteiger partial charge is 0.492 e. The molecule has 6 rings (SSSR count). The van der Waals surface area contributed by atoms with E-state index >= 15 is 0 Å². The predicted octanol–water partition coefficient (Wildman–Crippen LogP) is 5.01. The average molecular weight is 622 g/mol. The molecule has 2 aliphatic rings. The van der Waals surface area contributed by atoms with E-state index in [2.05, 4.69) is 35.8 Å². The van der Waals surface area contributed by atoms with E-state index in [0.717, 1.165) is 32.0 Å². The number of carbonyl (C=O) groups excluding carboxylic acids is 1. The zero-order valence-corrected chi connectivity index (χ0v) is 24.9. The molecule has 0 unspecified atom stereocenters. The first-order chi connectivity index (χ1) is 21.7. The summed E-state index contributed by atoms with van der Waals surface area (Å²) in [5, 5.41) is 9.28. The number of benzene rings is 2. The molecule has 14 heteroatoms. The van der Waals surface area contributed by atoms with Crippen molar-refractivity contribution in [2.24, 2.45) is 0 Å². The second-order valence-corrected chi connectivity index (χ2v) is 11.2. The predicted molar refractivity (Wildman–Crippen MR) is 164 cm³/mol. The number of nitrogens with one attached hydrogen (secondary N) is 3. The Morgan fingerprint density at radius 1 is 1.02 bits per heavy atom. The van der Waals surface area contributed by atoms with Crippen molar-refractivity contribution >= 4 is 29.0 Å². The van der Waals surface area contributed by atoms with Crippen LogP contribution in [-0.2, 0) is 12.7 Å². The summed E-state index contributed by atoms with van der Waals surface area (Å²) in [6.07, 6.45) is 2.44. The molecule has 0 spiro atoms. The number of para-hydroxylation sites is 1. The zero-order valence-electron chi connectivity index (χ0n) is 24.9. The quantitative estimate of drug-likeness (QED) is 0.225. The number of imidazole rings is 1. The van der Waals surface area contributed by atoms with Gasteiger partial charge in [0.05, 0.1) is 24.0 Å². The SMILES string of the molecule is COc1c(NC(=O)c2ccc(CN3CCN(C)CC3)c(C(F)(F)F)c2)cccc1Nc1nccn1-c1cc(NC2CC2)ncn1. The zero-order chi connectivity index (χ0) is 31.6. The van der Waals surface area contributed by atoms with Gasteiger partial charge in [0.15, 0.2) is 5.75 Å². The van der Waals surface area contributed by atoms with Crippen LogP contribution >= 0.6 is 0 Å². The van der Waals surface area contributed by atoms with Gasteiger partial charge in [-0.3, -0.25) is 14.3 Å². The lowest BCUT2D eigenvalue weighted by molar-refractivity contribution is -0.138. The van der Waals surface area contributed by atoms with Gasteiger partial charge in [-0.2, -0.15) is 13.2 Å². The fourth-order valence-electron chi connectivity index (χ4n) is 5.21. The number of methoxy groups -OCH3 is 1. The number of hydrogen-bond donors (Lipinski definition) is 3. The van der Waals surface area contributed by atoms with Crippen molar-refractivity contribution in [1.82, 2.24) is 29.3 Å². The van der Waals surface area contributed by atoms with Crippen molar-refractivity contribution in [2.45, 2.75) is 31.6 Å². The smallest absolute Gasteiger partial charge is 0.416 e. The van der Waals surface area contributed by atoms with Crippen LogP contribution in [0.5, 0.6) is 5.75 Å². The van der Waals surface area contributed by atoms with E-state index < -0.39 is 17.6 Å². The lowest BCUT2D eigenvalue weighted by Gasteiger charge is -2.33. The standard InChI is InChI=1S/C31H34F3N9O2/c1-41-12-14-42(15-13-41)18-21-7-6-20(16-23(21)31(32,33)34)29(44)39-24-4-3-5-25(28(24)45-2)40-30-35-10-11-43(30)27-17-26(36-19-37-27)38-22-8-9-22/h3-7,10-11,16-17,19,22H,8-9,12-15,18H2,1-2H3,(H,35,40)(H,39,44)(H,36,37,38). The van der Waals surface area contributed by atoms with Gasteiger partial charge in [0.1, 0.15) is 18.0 Å². The van der Waals surface area contributed by atoms with Crippen LogP contribution in [-0.4, -0.2) is 81.6 Å². The Hall–Kier alpha value is -4.69. The molecule has 11 nitrogen and oxygen atoms in total. The number of aromatic nitrogens is 4. The third-order valence-corrected chi connectivity index (χ3v) is 7.85. The third kappa shape index (κ3) is 7.18. The monoisotopic (exact) mass is 621 g/mol. The van der Waals surface area contributed by atoms with E-state index in [1.807, 2.05) is 18.0 Å². The number of hydrogen-bond acceptors (Lipinski definition) is 9. The Balaban J connectivity index is 1.21. The second kappa shape index (κ2) is 12.7. The van der Waals surface area contributed by atoms with Crippen LogP contribution in [0.1, 0.15) is 34.3 Å². The molecule has 0 radical (unpaired) electrons. The summed E-state index contributed by atoms with van der Waals surface area (Å²) < 4.78 is 49.7. The van der Waals surface area contributed by atoms with Crippen LogP contribution in [0.25, 0.3) is 5.82 Å². The summed E-state index contributed by atoms with van der Waals surface area (Å²) in [5.74, 6) is 1.32. The van der Waals surface area contributed by atoms with Gasteiger partial charge in [-0.05, 0) is 49.7 Å². The van der Waals surface area contributed by atoms with Gasteiger partial charge >= 0.3 is 6.18 Å². The molecule has 236 valence electrons. The first-order valence-electron chi connectivity index (χ1n) is 14.7. The van der Waals surface area contributed by atoms with E-state index in [1.165, 1.54) is 25.6 Å². The highest BCUT2D eigenvalue weighted by Crippen LogP contribution is 2.37. The van der Waals surface area contributed by atoms with Crippen molar-refractivity contribution in [3.8, 4) is 11.6 Å². The maximum atomic E-state index is 14.1. The Labute approximate surface area is 258 Å². The van der Waals surface area contributed by atoms with Gasteiger partial charge in [-0.15, -0.1) is 0 Å². The number of nitrogens with zero attached hydrogens (tertiary/aromatic N) is 6. The van der Waals surface area contributed by atoms with Crippen molar-refractivity contribution in [3.63, 3.8) is 0 Å². The highest BCUT2D eigenvalue weighted by Gasteiger charge is 2.35. The number of rotatable bonds is 10. The molecule has 3 N–H and O–H groups in total. The van der Waals surface area contributed by atoms with Crippen molar-refractivity contribution < 1.29 is 22.7 Å². The maximum absolute atomic E-state index is 14.1. The minimum Gasteiger partial charge on any atom is -0.492 e. The minimum absolute atomic E-state index is 0.111. The van der Waals surface area contributed by atoms with E-state index in [4.69, 9.17) is 4.74 Å². The molecule has 2 aromatic carbocycles. The lowest BCUT2D eigenvalue weighted by Crippen LogP contribution is -2.44.